The molecule has 2 rings (SSSR count). The summed E-state index contributed by atoms with van der Waals surface area (Å²) in [6.07, 6.45) is 0.312. The van der Waals surface area contributed by atoms with Crippen LogP contribution < -0.4 is 10.6 Å². The molecule has 25 heavy (non-hydrogen) atoms. The van der Waals surface area contributed by atoms with Gasteiger partial charge in [0.1, 0.15) is 11.9 Å². The van der Waals surface area contributed by atoms with E-state index in [-0.39, 0.29) is 22.5 Å². The largest absolute Gasteiger partial charge is 0.341 e. The molecule has 2 aromatic carbocycles. The van der Waals surface area contributed by atoms with Crippen LogP contribution in [0.4, 0.5) is 10.1 Å². The fraction of sp³-hybridized carbons (Fsp3) is 0.263. The van der Waals surface area contributed by atoms with Gasteiger partial charge >= 0.3 is 0 Å². The molecule has 0 aliphatic rings. The topological polar surface area (TPSA) is 58.2 Å². The van der Waals surface area contributed by atoms with E-state index in [1.54, 1.807) is 24.3 Å². The molecule has 0 aromatic heterocycles. The standard InChI is InChI=1S/C19H20ClFN2O2/c1-12(2)10-17(24)23-18(13-6-4-3-5-7-13)19(25)22-14-8-9-15(20)16(21)11-14/h3-9,11-12,18H,10H2,1-2H3,(H,22,25)(H,23,24). The van der Waals surface area contributed by atoms with E-state index < -0.39 is 17.8 Å². The summed E-state index contributed by atoms with van der Waals surface area (Å²) in [5, 5.41) is 5.33. The Kier molecular flexibility index (Phi) is 6.53. The fourth-order valence-electron chi connectivity index (χ4n) is 2.32. The van der Waals surface area contributed by atoms with Crippen LogP contribution in [0.5, 0.6) is 0 Å². The average Bonchev–Trinajstić information content (AvgIpc) is 2.56. The van der Waals surface area contributed by atoms with Gasteiger partial charge in [0.05, 0.1) is 5.02 Å². The van der Waals surface area contributed by atoms with Crippen molar-refractivity contribution in [1.29, 1.82) is 0 Å². The van der Waals surface area contributed by atoms with Gasteiger partial charge in [-0.15, -0.1) is 0 Å². The number of carbonyl (C=O) groups excluding carboxylic acids is 2. The second kappa shape index (κ2) is 8.62. The van der Waals surface area contributed by atoms with Crippen LogP contribution in [0.25, 0.3) is 0 Å². The van der Waals surface area contributed by atoms with Crippen molar-refractivity contribution in [2.45, 2.75) is 26.3 Å². The lowest BCUT2D eigenvalue weighted by molar-refractivity contribution is -0.127. The van der Waals surface area contributed by atoms with Crippen LogP contribution in [0.2, 0.25) is 5.02 Å². The Morgan fingerprint density at radius 2 is 1.80 bits per heavy atom. The van der Waals surface area contributed by atoms with Gasteiger partial charge in [0.25, 0.3) is 5.91 Å². The summed E-state index contributed by atoms with van der Waals surface area (Å²) in [7, 11) is 0. The number of halogens is 2. The fourth-order valence-corrected chi connectivity index (χ4v) is 2.44. The summed E-state index contributed by atoms with van der Waals surface area (Å²) in [5.41, 5.74) is 0.914. The number of benzene rings is 2. The van der Waals surface area contributed by atoms with Gasteiger partial charge in [0.2, 0.25) is 5.91 Å². The number of rotatable bonds is 6. The minimum atomic E-state index is -0.869. The minimum Gasteiger partial charge on any atom is -0.341 e. The molecule has 6 heteroatoms. The molecule has 0 aliphatic heterocycles. The summed E-state index contributed by atoms with van der Waals surface area (Å²) in [5.74, 6) is -1.13. The van der Waals surface area contributed by atoms with E-state index in [0.717, 1.165) is 6.07 Å². The maximum Gasteiger partial charge on any atom is 0.251 e. The van der Waals surface area contributed by atoms with Crippen LogP contribution in [0.3, 0.4) is 0 Å². The summed E-state index contributed by atoms with van der Waals surface area (Å²) in [6.45, 7) is 3.85. The van der Waals surface area contributed by atoms with Crippen molar-refractivity contribution in [1.82, 2.24) is 5.32 Å². The lowest BCUT2D eigenvalue weighted by Crippen LogP contribution is -2.37. The van der Waals surface area contributed by atoms with Crippen LogP contribution in [0.1, 0.15) is 31.9 Å². The highest BCUT2D eigenvalue weighted by molar-refractivity contribution is 6.30. The molecule has 0 bridgehead atoms. The summed E-state index contributed by atoms with van der Waals surface area (Å²) < 4.78 is 13.6. The molecule has 0 radical (unpaired) electrons. The quantitative estimate of drug-likeness (QED) is 0.804. The number of nitrogens with one attached hydrogen (secondary N) is 2. The van der Waals surface area contributed by atoms with E-state index in [4.69, 9.17) is 11.6 Å². The van der Waals surface area contributed by atoms with Crippen molar-refractivity contribution >= 4 is 29.1 Å². The summed E-state index contributed by atoms with van der Waals surface area (Å²) in [6, 6.07) is 12.0. The molecule has 0 aliphatic carbocycles. The van der Waals surface area contributed by atoms with E-state index in [1.165, 1.54) is 12.1 Å². The van der Waals surface area contributed by atoms with Gasteiger partial charge in [0.15, 0.2) is 0 Å². The van der Waals surface area contributed by atoms with E-state index in [2.05, 4.69) is 10.6 Å². The highest BCUT2D eigenvalue weighted by Crippen LogP contribution is 2.21. The first kappa shape index (κ1) is 18.9. The zero-order valence-corrected chi connectivity index (χ0v) is 14.8. The smallest absolute Gasteiger partial charge is 0.251 e. The predicted molar refractivity (Wildman–Crippen MR) is 96.8 cm³/mol. The second-order valence-electron chi connectivity index (χ2n) is 6.13. The first-order valence-corrected chi connectivity index (χ1v) is 8.35. The molecule has 0 fully saturated rings. The molecule has 0 heterocycles. The Bertz CT molecular complexity index is 750. The van der Waals surface area contributed by atoms with E-state index in [9.17, 15) is 14.0 Å². The van der Waals surface area contributed by atoms with E-state index in [0.29, 0.717) is 12.0 Å². The monoisotopic (exact) mass is 362 g/mol. The van der Waals surface area contributed by atoms with Crippen molar-refractivity contribution in [2.75, 3.05) is 5.32 Å². The average molecular weight is 363 g/mol. The lowest BCUT2D eigenvalue weighted by Gasteiger charge is -2.19. The highest BCUT2D eigenvalue weighted by Gasteiger charge is 2.23. The lowest BCUT2D eigenvalue weighted by atomic mass is 10.0. The molecule has 0 spiro atoms. The SMILES string of the molecule is CC(C)CC(=O)NC(C(=O)Nc1ccc(Cl)c(F)c1)c1ccccc1. The van der Waals surface area contributed by atoms with Crippen molar-refractivity contribution in [2.24, 2.45) is 5.92 Å². The van der Waals surface area contributed by atoms with E-state index >= 15 is 0 Å². The van der Waals surface area contributed by atoms with Gasteiger partial charge in [-0.2, -0.15) is 0 Å². The Morgan fingerprint density at radius 1 is 1.12 bits per heavy atom. The molecule has 2 N–H and O–H groups in total. The van der Waals surface area contributed by atoms with Crippen molar-refractivity contribution in [3.8, 4) is 0 Å². The molecule has 1 atom stereocenters. The number of hydrogen-bond acceptors (Lipinski definition) is 2. The van der Waals surface area contributed by atoms with Crippen molar-refractivity contribution in [3.05, 3.63) is 64.9 Å². The molecule has 4 nitrogen and oxygen atoms in total. The maximum atomic E-state index is 13.6. The third-order valence-electron chi connectivity index (χ3n) is 3.48. The second-order valence-corrected chi connectivity index (χ2v) is 6.53. The van der Waals surface area contributed by atoms with Gasteiger partial charge in [0, 0.05) is 12.1 Å². The molecular weight excluding hydrogens is 343 g/mol. The molecule has 1 unspecified atom stereocenters. The first-order valence-electron chi connectivity index (χ1n) is 7.97. The van der Waals surface area contributed by atoms with Crippen LogP contribution >= 0.6 is 11.6 Å². The van der Waals surface area contributed by atoms with Crippen LogP contribution in [0.15, 0.2) is 48.5 Å². The predicted octanol–water partition coefficient (Wildman–Crippen LogP) is 4.32. The van der Waals surface area contributed by atoms with Gasteiger partial charge in [-0.3, -0.25) is 9.59 Å². The van der Waals surface area contributed by atoms with Gasteiger partial charge < -0.3 is 10.6 Å². The van der Waals surface area contributed by atoms with Crippen LogP contribution in [-0.2, 0) is 9.59 Å². The zero-order valence-electron chi connectivity index (χ0n) is 14.1. The molecule has 2 amide bonds. The van der Waals surface area contributed by atoms with E-state index in [1.807, 2.05) is 19.9 Å². The normalized spacial score (nSPS) is 11.9. The van der Waals surface area contributed by atoms with Gasteiger partial charge in [-0.25, -0.2) is 4.39 Å². The molecule has 132 valence electrons. The molecule has 0 saturated heterocycles. The Hall–Kier alpha value is -2.40. The highest BCUT2D eigenvalue weighted by atomic mass is 35.5. The molecule has 2 aromatic rings. The first-order chi connectivity index (χ1) is 11.9. The van der Waals surface area contributed by atoms with Crippen molar-refractivity contribution in [3.63, 3.8) is 0 Å². The minimum absolute atomic E-state index is 0.0251. The number of hydrogen-bond donors (Lipinski definition) is 2. The molecule has 0 saturated carbocycles. The third-order valence-corrected chi connectivity index (χ3v) is 3.79. The van der Waals surface area contributed by atoms with Crippen LogP contribution in [0, 0.1) is 11.7 Å². The Labute approximate surface area is 151 Å². The van der Waals surface area contributed by atoms with Gasteiger partial charge in [-0.1, -0.05) is 55.8 Å². The molecular formula is C19H20ClFN2O2. The van der Waals surface area contributed by atoms with Crippen LogP contribution in [-0.4, -0.2) is 11.8 Å². The number of carbonyl (C=O) groups is 2. The summed E-state index contributed by atoms with van der Waals surface area (Å²) in [4.78, 5) is 24.8. The summed E-state index contributed by atoms with van der Waals surface area (Å²) >= 11 is 5.65. The number of amides is 2. The van der Waals surface area contributed by atoms with Crippen molar-refractivity contribution < 1.29 is 14.0 Å². The Balaban J connectivity index is 2.20. The zero-order chi connectivity index (χ0) is 18.4. The number of anilines is 1. The maximum absolute atomic E-state index is 13.6. The van der Waals surface area contributed by atoms with Gasteiger partial charge in [-0.05, 0) is 29.7 Å². The Morgan fingerprint density at radius 3 is 2.40 bits per heavy atom. The third kappa shape index (κ3) is 5.57.